The zero-order valence-electron chi connectivity index (χ0n) is 26.6. The molecule has 2 aromatic carbocycles. The van der Waals surface area contributed by atoms with Crippen LogP contribution in [0, 0.1) is 32.1 Å². The summed E-state index contributed by atoms with van der Waals surface area (Å²) >= 11 is 0. The maximum Gasteiger partial charge on any atom is 0.163 e. The highest BCUT2D eigenvalue weighted by Gasteiger charge is 2.37. The highest BCUT2D eigenvalue weighted by Crippen LogP contribution is 2.47. The van der Waals surface area contributed by atoms with E-state index in [1.165, 1.54) is 40.7 Å². The number of nitrogens with zero attached hydrogens (tertiary/aromatic N) is 1. The maximum atomic E-state index is 13.3. The number of ketones is 1. The Labute approximate surface area is 243 Å². The second kappa shape index (κ2) is 13.3. The molecule has 3 heteroatoms. The zero-order chi connectivity index (χ0) is 30.4. The molecule has 0 atom stereocenters. The van der Waals surface area contributed by atoms with Crippen LogP contribution < -0.4 is 4.74 Å². The molecule has 0 unspecified atom stereocenters. The van der Waals surface area contributed by atoms with Crippen LogP contribution in [0.2, 0.25) is 0 Å². The molecule has 40 heavy (non-hydrogen) atoms. The average Bonchev–Trinajstić information content (AvgIpc) is 3.40. The monoisotopic (exact) mass is 539 g/mol. The summed E-state index contributed by atoms with van der Waals surface area (Å²) in [4.78, 5) is 13.3. The van der Waals surface area contributed by atoms with Crippen LogP contribution in [0.1, 0.15) is 105 Å². The van der Waals surface area contributed by atoms with Crippen molar-refractivity contribution in [2.24, 2.45) is 0 Å². The number of aryl methyl sites for hydroxylation is 3. The Kier molecular flexibility index (Phi) is 10.9. The van der Waals surface area contributed by atoms with Gasteiger partial charge in [-0.25, -0.2) is 0 Å². The number of hydrogen-bond acceptors (Lipinski definition) is 3. The lowest BCUT2D eigenvalue weighted by atomic mass is 9.62. The first kappa shape index (κ1) is 32.8. The first-order valence-electron chi connectivity index (χ1n) is 14.5. The fourth-order valence-corrected chi connectivity index (χ4v) is 5.95. The minimum absolute atomic E-state index is 0.0976. The molecule has 214 valence electrons. The fraction of sp³-hybridized carbons (Fsp3) is 0.459. The molecule has 0 heterocycles. The Bertz CT molecular complexity index is 1360. The van der Waals surface area contributed by atoms with Crippen LogP contribution in [0.3, 0.4) is 0 Å². The average molecular weight is 540 g/mol. The van der Waals surface area contributed by atoms with Gasteiger partial charge in [0, 0.05) is 12.0 Å². The second-order valence-corrected chi connectivity index (χ2v) is 12.1. The normalized spacial score (nSPS) is 16.1. The van der Waals surface area contributed by atoms with Gasteiger partial charge >= 0.3 is 0 Å². The number of allylic oxidation sites excluding steroid dienone is 4. The molecule has 2 aliphatic carbocycles. The first-order chi connectivity index (χ1) is 18.9. The second-order valence-electron chi connectivity index (χ2n) is 12.1. The molecule has 0 bridgehead atoms. The number of rotatable bonds is 6. The van der Waals surface area contributed by atoms with Crippen LogP contribution in [0.4, 0.5) is 0 Å². The van der Waals surface area contributed by atoms with E-state index in [4.69, 9.17) is 4.74 Å². The lowest BCUT2D eigenvalue weighted by Gasteiger charge is -2.42. The fourth-order valence-electron chi connectivity index (χ4n) is 5.95. The molecule has 3 nitrogen and oxygen atoms in total. The van der Waals surface area contributed by atoms with Crippen molar-refractivity contribution in [1.82, 2.24) is 0 Å². The number of benzene rings is 2. The van der Waals surface area contributed by atoms with Gasteiger partial charge in [0.15, 0.2) is 5.78 Å². The van der Waals surface area contributed by atoms with E-state index in [1.807, 2.05) is 39.8 Å². The Hall–Kier alpha value is -3.38. The quantitative estimate of drug-likeness (QED) is 0.344. The van der Waals surface area contributed by atoms with Crippen LogP contribution in [-0.4, -0.2) is 12.9 Å². The van der Waals surface area contributed by atoms with Crippen molar-refractivity contribution in [3.05, 3.63) is 99.2 Å². The Morgan fingerprint density at radius 2 is 1.50 bits per heavy atom. The third kappa shape index (κ3) is 6.67. The van der Waals surface area contributed by atoms with Crippen LogP contribution in [0.15, 0.2) is 54.7 Å². The highest BCUT2D eigenvalue weighted by atomic mass is 16.5. The summed E-state index contributed by atoms with van der Waals surface area (Å²) in [5.74, 6) is 0.630. The summed E-state index contributed by atoms with van der Waals surface area (Å²) in [5.41, 5.74) is 11.4. The molecule has 0 aliphatic heterocycles. The molecule has 0 saturated heterocycles. The summed E-state index contributed by atoms with van der Waals surface area (Å²) in [6.07, 6.45) is 8.33. The van der Waals surface area contributed by atoms with E-state index >= 15 is 0 Å². The van der Waals surface area contributed by atoms with E-state index in [0.717, 1.165) is 28.7 Å². The van der Waals surface area contributed by atoms with E-state index in [1.54, 1.807) is 7.11 Å². The van der Waals surface area contributed by atoms with E-state index < -0.39 is 0 Å². The highest BCUT2D eigenvalue weighted by molar-refractivity contribution is 5.98. The molecule has 0 amide bonds. The third-order valence-electron chi connectivity index (χ3n) is 8.48. The van der Waals surface area contributed by atoms with E-state index in [0.29, 0.717) is 17.7 Å². The third-order valence-corrected chi connectivity index (χ3v) is 8.48. The van der Waals surface area contributed by atoms with Crippen molar-refractivity contribution in [3.8, 4) is 11.8 Å². The summed E-state index contributed by atoms with van der Waals surface area (Å²) in [5, 5.41) is 9.59. The number of carbonyl (C=O) groups excluding carboxylic acids is 1. The van der Waals surface area contributed by atoms with Gasteiger partial charge in [-0.3, -0.25) is 4.79 Å². The predicted molar refractivity (Wildman–Crippen MR) is 169 cm³/mol. The number of carbonyl (C=O) groups is 1. The molecule has 4 rings (SSSR count). The SMILES string of the molecule is C=C.CC.COc1c(C#N)c(C)cc(C)c1CC(=O)C1=CC=C(Cc2cc3c(cc2C)C(C)(C)CCC3(C)C)C1. The molecule has 0 spiro atoms. The Balaban J connectivity index is 0.00000134. The standard InChI is InChI=1S/C33H39NO2.C2H6.C2H4/c1-20-14-28-29(33(6,7)12-11-32(28,4)5)17-25(20)16-23-9-10-24(15-23)30(35)18-26-21(2)13-22(3)27(19-34)31(26)36-8;2*1-2/h9-10,13-14,17H,11-12,15-16,18H2,1-8H3;1-2H3;1-2H2. The van der Waals surface area contributed by atoms with Gasteiger partial charge in [0.1, 0.15) is 11.8 Å². The van der Waals surface area contributed by atoms with Gasteiger partial charge in [-0.05, 0) is 96.2 Å². The van der Waals surface area contributed by atoms with Crippen molar-refractivity contribution >= 4 is 5.78 Å². The van der Waals surface area contributed by atoms with Gasteiger partial charge in [0.25, 0.3) is 0 Å². The minimum Gasteiger partial charge on any atom is -0.495 e. The van der Waals surface area contributed by atoms with Gasteiger partial charge in [0.2, 0.25) is 0 Å². The van der Waals surface area contributed by atoms with E-state index in [-0.39, 0.29) is 23.0 Å². The summed E-state index contributed by atoms with van der Waals surface area (Å²) in [6, 6.07) is 9.06. The molecular formula is C37H49NO2. The van der Waals surface area contributed by atoms with Crippen molar-refractivity contribution in [3.63, 3.8) is 0 Å². The number of methoxy groups -OCH3 is 1. The lowest BCUT2D eigenvalue weighted by molar-refractivity contribution is -0.115. The molecule has 0 aromatic heterocycles. The molecular weight excluding hydrogens is 490 g/mol. The van der Waals surface area contributed by atoms with Crippen LogP contribution >= 0.6 is 0 Å². The number of fused-ring (bicyclic) bond motifs is 1. The molecule has 2 aromatic rings. The smallest absolute Gasteiger partial charge is 0.163 e. The van der Waals surface area contributed by atoms with Gasteiger partial charge < -0.3 is 4.74 Å². The predicted octanol–water partition coefficient (Wildman–Crippen LogP) is 9.28. The van der Waals surface area contributed by atoms with Gasteiger partial charge in [-0.2, -0.15) is 5.26 Å². The lowest BCUT2D eigenvalue weighted by Crippen LogP contribution is -2.34. The summed E-state index contributed by atoms with van der Waals surface area (Å²) in [7, 11) is 1.57. The molecule has 0 radical (unpaired) electrons. The summed E-state index contributed by atoms with van der Waals surface area (Å²) in [6.45, 7) is 25.6. The van der Waals surface area contributed by atoms with Crippen molar-refractivity contribution < 1.29 is 9.53 Å². The van der Waals surface area contributed by atoms with Crippen molar-refractivity contribution in [2.45, 2.75) is 105 Å². The number of hydrogen-bond donors (Lipinski definition) is 0. The molecule has 0 fully saturated rings. The zero-order valence-corrected chi connectivity index (χ0v) is 26.6. The van der Waals surface area contributed by atoms with Crippen molar-refractivity contribution in [1.29, 1.82) is 5.26 Å². The van der Waals surface area contributed by atoms with Gasteiger partial charge in [-0.1, -0.05) is 77.5 Å². The Morgan fingerprint density at radius 1 is 0.925 bits per heavy atom. The largest absolute Gasteiger partial charge is 0.495 e. The van der Waals surface area contributed by atoms with Crippen LogP contribution in [-0.2, 0) is 28.5 Å². The number of ether oxygens (including phenoxy) is 1. The van der Waals surface area contributed by atoms with Crippen molar-refractivity contribution in [2.75, 3.05) is 7.11 Å². The molecule has 0 saturated carbocycles. The molecule has 2 aliphatic rings. The minimum atomic E-state index is 0.0976. The maximum absolute atomic E-state index is 13.3. The van der Waals surface area contributed by atoms with Gasteiger partial charge in [-0.15, -0.1) is 13.2 Å². The first-order valence-corrected chi connectivity index (χ1v) is 14.5. The van der Waals surface area contributed by atoms with Crippen LogP contribution in [0.25, 0.3) is 0 Å². The number of nitriles is 1. The van der Waals surface area contributed by atoms with Crippen LogP contribution in [0.5, 0.6) is 5.75 Å². The van der Waals surface area contributed by atoms with E-state index in [2.05, 4.69) is 72.1 Å². The Morgan fingerprint density at radius 3 is 2.05 bits per heavy atom. The number of Topliss-reactive ketones (excluding diaryl/α,β-unsaturated/α-hetero) is 1. The van der Waals surface area contributed by atoms with Gasteiger partial charge in [0.05, 0.1) is 12.7 Å². The molecule has 0 N–H and O–H groups in total. The summed E-state index contributed by atoms with van der Waals surface area (Å²) < 4.78 is 5.58. The van der Waals surface area contributed by atoms with E-state index in [9.17, 15) is 10.1 Å². The topological polar surface area (TPSA) is 50.1 Å².